The SMILES string of the molecule is C=C1c2ccccc2N(C2C=CC(n3c4ccccc4c4ccccc43)=CC2)c2ccccc2N1c1ccc(-n2c3ccccc3c3ccccc32)cc1. The summed E-state index contributed by atoms with van der Waals surface area (Å²) in [6, 6.07) is 61.3. The number of hydrogen-bond acceptors (Lipinski definition) is 2. The smallest absolute Gasteiger partial charge is 0.0699 e. The number of fused-ring (bicyclic) bond motifs is 8. The molecule has 1 aliphatic heterocycles. The molecule has 4 nitrogen and oxygen atoms in total. The highest BCUT2D eigenvalue weighted by Crippen LogP contribution is 2.49. The first-order valence-corrected chi connectivity index (χ1v) is 18.7. The van der Waals surface area contributed by atoms with Crippen molar-refractivity contribution >= 4 is 77.8 Å². The molecule has 1 atom stereocenters. The minimum atomic E-state index is 0.106. The molecule has 0 saturated carbocycles. The first-order chi connectivity index (χ1) is 26.7. The summed E-state index contributed by atoms with van der Waals surface area (Å²) < 4.78 is 4.78. The zero-order valence-electron chi connectivity index (χ0n) is 29.7. The second-order valence-corrected chi connectivity index (χ2v) is 14.2. The van der Waals surface area contributed by atoms with Crippen LogP contribution >= 0.6 is 0 Å². The number of anilines is 4. The van der Waals surface area contributed by atoms with E-state index in [1.54, 1.807) is 0 Å². The zero-order valence-corrected chi connectivity index (χ0v) is 29.7. The quantitative estimate of drug-likeness (QED) is 0.183. The first-order valence-electron chi connectivity index (χ1n) is 18.7. The summed E-state index contributed by atoms with van der Waals surface area (Å²) in [5.74, 6) is 0. The van der Waals surface area contributed by atoms with Crippen molar-refractivity contribution in [2.24, 2.45) is 0 Å². The Labute approximate surface area is 314 Å². The van der Waals surface area contributed by atoms with E-state index in [0.717, 1.165) is 46.1 Å². The summed E-state index contributed by atoms with van der Waals surface area (Å²) in [4.78, 5) is 4.84. The highest BCUT2D eigenvalue weighted by molar-refractivity contribution is 6.11. The van der Waals surface area contributed by atoms with Crippen LogP contribution in [0.5, 0.6) is 0 Å². The molecule has 1 aliphatic carbocycles. The molecule has 0 radical (unpaired) electrons. The van der Waals surface area contributed by atoms with Gasteiger partial charge in [0.1, 0.15) is 0 Å². The van der Waals surface area contributed by atoms with Gasteiger partial charge in [0.05, 0.1) is 45.2 Å². The van der Waals surface area contributed by atoms with Crippen molar-refractivity contribution in [1.29, 1.82) is 0 Å². The molecule has 1 unspecified atom stereocenters. The van der Waals surface area contributed by atoms with Gasteiger partial charge in [-0.15, -0.1) is 0 Å². The van der Waals surface area contributed by atoms with E-state index in [9.17, 15) is 0 Å². The monoisotopic (exact) mass is 692 g/mol. The van der Waals surface area contributed by atoms with Crippen LogP contribution in [0.25, 0.3) is 60.7 Å². The van der Waals surface area contributed by atoms with E-state index < -0.39 is 0 Å². The van der Waals surface area contributed by atoms with E-state index in [2.05, 4.69) is 207 Å². The number of para-hydroxylation sites is 7. The maximum atomic E-state index is 4.77. The lowest BCUT2D eigenvalue weighted by atomic mass is 10.0. The van der Waals surface area contributed by atoms with Gasteiger partial charge in [-0.1, -0.05) is 122 Å². The van der Waals surface area contributed by atoms with Crippen LogP contribution in [0.2, 0.25) is 0 Å². The molecule has 2 aliphatic rings. The second kappa shape index (κ2) is 12.0. The summed E-state index contributed by atoms with van der Waals surface area (Å²) in [5, 5.41) is 5.08. The van der Waals surface area contributed by atoms with Gasteiger partial charge in [0, 0.05) is 49.9 Å². The summed E-state index contributed by atoms with van der Waals surface area (Å²) in [6.07, 6.45) is 7.95. The van der Waals surface area contributed by atoms with Gasteiger partial charge in [0.25, 0.3) is 0 Å². The fraction of sp³-hybridized carbons (Fsp3) is 0.0400. The van der Waals surface area contributed by atoms with Crippen LogP contribution in [-0.4, -0.2) is 15.2 Å². The minimum Gasteiger partial charge on any atom is -0.332 e. The van der Waals surface area contributed by atoms with Crippen LogP contribution in [0, 0.1) is 0 Å². The molecule has 7 aromatic carbocycles. The molecule has 3 heterocycles. The van der Waals surface area contributed by atoms with E-state index in [0.29, 0.717) is 0 Å². The Bertz CT molecular complexity index is 2900. The lowest BCUT2D eigenvalue weighted by Gasteiger charge is -2.34. The van der Waals surface area contributed by atoms with E-state index in [4.69, 9.17) is 6.58 Å². The van der Waals surface area contributed by atoms with E-state index in [1.807, 2.05) is 0 Å². The predicted molar refractivity (Wildman–Crippen MR) is 228 cm³/mol. The van der Waals surface area contributed by atoms with Gasteiger partial charge >= 0.3 is 0 Å². The van der Waals surface area contributed by atoms with Crippen molar-refractivity contribution in [3.63, 3.8) is 0 Å². The Morgan fingerprint density at radius 3 is 1.46 bits per heavy atom. The summed E-state index contributed by atoms with van der Waals surface area (Å²) in [6.45, 7) is 4.77. The summed E-state index contributed by atoms with van der Waals surface area (Å²) in [5.41, 5.74) is 13.8. The van der Waals surface area contributed by atoms with Crippen LogP contribution < -0.4 is 9.80 Å². The number of hydrogen-bond donors (Lipinski definition) is 0. The first kappa shape index (κ1) is 30.6. The van der Waals surface area contributed by atoms with Crippen LogP contribution in [0.3, 0.4) is 0 Å². The number of nitrogens with zero attached hydrogens (tertiary/aromatic N) is 4. The lowest BCUT2D eigenvalue weighted by molar-refractivity contribution is 0.784. The Balaban J connectivity index is 1.00. The Kier molecular flexibility index (Phi) is 6.80. The molecule has 0 saturated heterocycles. The topological polar surface area (TPSA) is 16.3 Å². The van der Waals surface area contributed by atoms with Gasteiger partial charge in [-0.2, -0.15) is 0 Å². The molecule has 0 bridgehead atoms. The summed E-state index contributed by atoms with van der Waals surface area (Å²) in [7, 11) is 0. The normalized spacial score (nSPS) is 15.5. The highest BCUT2D eigenvalue weighted by Gasteiger charge is 2.32. The average molecular weight is 693 g/mol. The van der Waals surface area contributed by atoms with Crippen molar-refractivity contribution in [1.82, 2.24) is 9.13 Å². The molecule has 0 N–H and O–H groups in total. The number of aromatic nitrogens is 2. The third kappa shape index (κ3) is 4.50. The molecule has 256 valence electrons. The van der Waals surface area contributed by atoms with Crippen LogP contribution in [0.15, 0.2) is 195 Å². The van der Waals surface area contributed by atoms with Gasteiger partial charge in [-0.05, 0) is 79.2 Å². The second-order valence-electron chi connectivity index (χ2n) is 14.2. The Hall–Kier alpha value is -7.04. The van der Waals surface area contributed by atoms with Crippen molar-refractivity contribution < 1.29 is 0 Å². The van der Waals surface area contributed by atoms with E-state index in [1.165, 1.54) is 49.3 Å². The fourth-order valence-electron chi connectivity index (χ4n) is 8.94. The van der Waals surface area contributed by atoms with Gasteiger partial charge in [-0.3, -0.25) is 0 Å². The van der Waals surface area contributed by atoms with Gasteiger partial charge in [-0.25, -0.2) is 0 Å². The van der Waals surface area contributed by atoms with E-state index in [-0.39, 0.29) is 6.04 Å². The molecule has 2 aromatic heterocycles. The molecular formula is C50H36N4. The van der Waals surface area contributed by atoms with Crippen LogP contribution in [0.4, 0.5) is 22.7 Å². The largest absolute Gasteiger partial charge is 0.332 e. The summed E-state index contributed by atoms with van der Waals surface area (Å²) >= 11 is 0. The van der Waals surface area contributed by atoms with E-state index >= 15 is 0 Å². The maximum absolute atomic E-state index is 4.77. The van der Waals surface area contributed by atoms with Crippen molar-refractivity contribution in [3.8, 4) is 5.69 Å². The number of rotatable bonds is 4. The third-order valence-electron chi connectivity index (χ3n) is 11.3. The molecule has 4 heteroatoms. The van der Waals surface area contributed by atoms with Crippen LogP contribution in [-0.2, 0) is 0 Å². The molecule has 0 spiro atoms. The molecule has 0 fully saturated rings. The average Bonchev–Trinajstić information content (AvgIpc) is 3.72. The van der Waals surface area contributed by atoms with Crippen molar-refractivity contribution in [2.45, 2.75) is 12.5 Å². The molecule has 11 rings (SSSR count). The maximum Gasteiger partial charge on any atom is 0.0699 e. The number of benzene rings is 7. The lowest BCUT2D eigenvalue weighted by Crippen LogP contribution is -2.30. The van der Waals surface area contributed by atoms with Gasteiger partial charge < -0.3 is 18.9 Å². The fourth-order valence-corrected chi connectivity index (χ4v) is 8.94. The standard InChI is InChI=1S/C50H36N4/c1-34-39-14-2-7-19-44(39)54(38-32-30-37(31-33-38)53-47-22-10-5-17-42(47)43-18-6-11-23-48(43)53)50-25-13-12-24-49(50)51(34)35-26-28-36(29-27-35)52-45-20-8-3-15-40(45)41-16-4-9-21-46(41)52/h2-32,38H,1,33H2. The van der Waals surface area contributed by atoms with Crippen molar-refractivity contribution in [3.05, 3.63) is 200 Å². The van der Waals surface area contributed by atoms with Crippen molar-refractivity contribution in [2.75, 3.05) is 9.80 Å². The van der Waals surface area contributed by atoms with Crippen LogP contribution in [0.1, 0.15) is 12.0 Å². The highest BCUT2D eigenvalue weighted by atomic mass is 15.3. The Morgan fingerprint density at radius 1 is 0.444 bits per heavy atom. The van der Waals surface area contributed by atoms with Gasteiger partial charge in [0.2, 0.25) is 0 Å². The number of allylic oxidation sites excluding steroid dienone is 2. The third-order valence-corrected chi connectivity index (χ3v) is 11.3. The molecule has 9 aromatic rings. The van der Waals surface area contributed by atoms with Gasteiger partial charge in [0.15, 0.2) is 0 Å². The molecular weight excluding hydrogens is 657 g/mol. The zero-order chi connectivity index (χ0) is 35.8. The predicted octanol–water partition coefficient (Wildman–Crippen LogP) is 13.0. The molecule has 54 heavy (non-hydrogen) atoms. The molecule has 0 amide bonds. The Morgan fingerprint density at radius 2 is 0.907 bits per heavy atom. The minimum absolute atomic E-state index is 0.106.